The number of rotatable bonds is 6. The van der Waals surface area contributed by atoms with Gasteiger partial charge in [0.25, 0.3) is 5.78 Å². The summed E-state index contributed by atoms with van der Waals surface area (Å²) in [5.41, 5.74) is 2.22. The van der Waals surface area contributed by atoms with Crippen molar-refractivity contribution >= 4 is 11.6 Å². The number of aromatic nitrogens is 4. The quantitative estimate of drug-likeness (QED) is 0.736. The maximum atomic E-state index is 5.30. The molecule has 3 heterocycles. The molecule has 0 aliphatic carbocycles. The van der Waals surface area contributed by atoms with E-state index in [1.807, 2.05) is 25.1 Å². The lowest BCUT2D eigenvalue weighted by molar-refractivity contribution is 0.255. The van der Waals surface area contributed by atoms with Gasteiger partial charge < -0.3 is 10.1 Å². The number of methoxy groups -OCH3 is 1. The molecule has 0 saturated carbocycles. The topological polar surface area (TPSA) is 67.6 Å². The molecule has 1 aromatic carbocycles. The van der Waals surface area contributed by atoms with Crippen molar-refractivity contribution in [1.29, 1.82) is 0 Å². The van der Waals surface area contributed by atoms with Gasteiger partial charge in [0.1, 0.15) is 17.9 Å². The highest BCUT2D eigenvalue weighted by Gasteiger charge is 2.23. The number of hydrogen-bond donors (Lipinski definition) is 1. The summed E-state index contributed by atoms with van der Waals surface area (Å²) in [6.07, 6.45) is 4.05. The third-order valence-electron chi connectivity index (χ3n) is 4.94. The van der Waals surface area contributed by atoms with Gasteiger partial charge >= 0.3 is 0 Å². The van der Waals surface area contributed by atoms with Crippen molar-refractivity contribution in [2.75, 3.05) is 32.1 Å². The summed E-state index contributed by atoms with van der Waals surface area (Å²) in [6, 6.07) is 10.7. The van der Waals surface area contributed by atoms with Gasteiger partial charge in [-0.1, -0.05) is 12.1 Å². The molecular weight excluding hydrogens is 328 g/mol. The predicted molar refractivity (Wildman–Crippen MR) is 101 cm³/mol. The minimum Gasteiger partial charge on any atom is -0.497 e. The number of anilines is 1. The molecule has 0 amide bonds. The molecule has 0 bridgehead atoms. The third kappa shape index (κ3) is 3.35. The fourth-order valence-corrected chi connectivity index (χ4v) is 3.59. The summed E-state index contributed by atoms with van der Waals surface area (Å²) in [5.74, 6) is 2.42. The van der Waals surface area contributed by atoms with Crippen LogP contribution < -0.4 is 10.1 Å². The van der Waals surface area contributed by atoms with Crippen LogP contribution in [0, 0.1) is 6.92 Å². The van der Waals surface area contributed by atoms with Crippen LogP contribution in [0.15, 0.2) is 36.7 Å². The maximum Gasteiger partial charge on any atom is 0.254 e. The lowest BCUT2D eigenvalue weighted by atomic mass is 10.1. The second-order valence-electron chi connectivity index (χ2n) is 6.67. The number of hydrogen-bond acceptors (Lipinski definition) is 6. The molecule has 2 aromatic heterocycles. The molecule has 1 aliphatic rings. The molecule has 1 fully saturated rings. The molecule has 1 unspecified atom stereocenters. The molecule has 1 saturated heterocycles. The number of likely N-dealkylation sites (tertiary alicyclic amines) is 1. The van der Waals surface area contributed by atoms with Crippen molar-refractivity contribution in [3.05, 3.63) is 47.9 Å². The summed E-state index contributed by atoms with van der Waals surface area (Å²) in [4.78, 5) is 11.1. The number of nitrogens with one attached hydrogen (secondary N) is 1. The summed E-state index contributed by atoms with van der Waals surface area (Å²) in [6.45, 7) is 5.03. The van der Waals surface area contributed by atoms with Crippen LogP contribution in [0.1, 0.15) is 30.1 Å². The van der Waals surface area contributed by atoms with Gasteiger partial charge in [-0.15, -0.1) is 0 Å². The Balaban J connectivity index is 1.58. The highest BCUT2D eigenvalue weighted by molar-refractivity contribution is 5.45. The van der Waals surface area contributed by atoms with Crippen LogP contribution >= 0.6 is 0 Å². The molecule has 1 aliphatic heterocycles. The fourth-order valence-electron chi connectivity index (χ4n) is 3.59. The largest absolute Gasteiger partial charge is 0.497 e. The van der Waals surface area contributed by atoms with Gasteiger partial charge in [-0.2, -0.15) is 14.6 Å². The Bertz CT molecular complexity index is 869. The Morgan fingerprint density at radius 2 is 1.96 bits per heavy atom. The summed E-state index contributed by atoms with van der Waals surface area (Å²) < 4.78 is 7.05. The first-order valence-corrected chi connectivity index (χ1v) is 9.04. The van der Waals surface area contributed by atoms with Crippen LogP contribution in [0.4, 0.5) is 5.82 Å². The molecule has 0 radical (unpaired) electrons. The Morgan fingerprint density at radius 1 is 1.19 bits per heavy atom. The lowest BCUT2D eigenvalue weighted by Crippen LogP contribution is -2.31. The van der Waals surface area contributed by atoms with Crippen LogP contribution in [0.2, 0.25) is 0 Å². The van der Waals surface area contributed by atoms with Crippen LogP contribution in [-0.2, 0) is 0 Å². The van der Waals surface area contributed by atoms with E-state index >= 15 is 0 Å². The molecule has 7 nitrogen and oxygen atoms in total. The van der Waals surface area contributed by atoms with Crippen molar-refractivity contribution < 1.29 is 4.74 Å². The lowest BCUT2D eigenvalue weighted by Gasteiger charge is -2.28. The normalized spacial score (nSPS) is 16.1. The summed E-state index contributed by atoms with van der Waals surface area (Å²) >= 11 is 0. The highest BCUT2D eigenvalue weighted by Crippen LogP contribution is 2.27. The molecular formula is C19H24N6O. The van der Waals surface area contributed by atoms with E-state index in [1.54, 1.807) is 11.6 Å². The zero-order valence-corrected chi connectivity index (χ0v) is 15.2. The smallest absolute Gasteiger partial charge is 0.254 e. The van der Waals surface area contributed by atoms with Gasteiger partial charge in [0.05, 0.1) is 13.2 Å². The zero-order chi connectivity index (χ0) is 17.9. The molecule has 1 atom stereocenters. The van der Waals surface area contributed by atoms with Crippen molar-refractivity contribution in [2.45, 2.75) is 25.8 Å². The van der Waals surface area contributed by atoms with E-state index < -0.39 is 0 Å². The minimum atomic E-state index is 0.301. The molecule has 7 heteroatoms. The monoisotopic (exact) mass is 352 g/mol. The average Bonchev–Trinajstić information content (AvgIpc) is 3.34. The van der Waals surface area contributed by atoms with Gasteiger partial charge in [0.2, 0.25) is 0 Å². The van der Waals surface area contributed by atoms with Crippen LogP contribution in [-0.4, -0.2) is 51.2 Å². The van der Waals surface area contributed by atoms with Crippen molar-refractivity contribution in [3.8, 4) is 5.75 Å². The number of ether oxygens (including phenoxy) is 1. The second kappa shape index (κ2) is 7.29. The van der Waals surface area contributed by atoms with Gasteiger partial charge in [0.15, 0.2) is 0 Å². The molecule has 3 aromatic rings. The first-order chi connectivity index (χ1) is 12.7. The van der Waals surface area contributed by atoms with Crippen molar-refractivity contribution in [3.63, 3.8) is 0 Å². The van der Waals surface area contributed by atoms with Crippen LogP contribution in [0.5, 0.6) is 5.75 Å². The maximum absolute atomic E-state index is 5.30. The number of benzene rings is 1. The average molecular weight is 352 g/mol. The molecule has 0 spiro atoms. The van der Waals surface area contributed by atoms with Crippen molar-refractivity contribution in [1.82, 2.24) is 24.5 Å². The van der Waals surface area contributed by atoms with Gasteiger partial charge in [-0.05, 0) is 50.6 Å². The zero-order valence-electron chi connectivity index (χ0n) is 15.2. The second-order valence-corrected chi connectivity index (χ2v) is 6.67. The fraction of sp³-hybridized carbons (Fsp3) is 0.421. The van der Waals surface area contributed by atoms with Gasteiger partial charge in [-0.3, -0.25) is 4.90 Å². The Kier molecular flexibility index (Phi) is 4.71. The first-order valence-electron chi connectivity index (χ1n) is 9.04. The summed E-state index contributed by atoms with van der Waals surface area (Å²) in [7, 11) is 1.70. The molecule has 136 valence electrons. The van der Waals surface area contributed by atoms with E-state index in [1.165, 1.54) is 24.7 Å². The highest BCUT2D eigenvalue weighted by atomic mass is 16.5. The van der Waals surface area contributed by atoms with E-state index in [-0.39, 0.29) is 0 Å². The number of aryl methyl sites for hydroxylation is 1. The van der Waals surface area contributed by atoms with Gasteiger partial charge in [-0.25, -0.2) is 4.98 Å². The predicted octanol–water partition coefficient (Wildman–Crippen LogP) is 2.69. The Hall–Kier alpha value is -2.67. The van der Waals surface area contributed by atoms with E-state index in [4.69, 9.17) is 4.74 Å². The van der Waals surface area contributed by atoms with Crippen LogP contribution in [0.25, 0.3) is 5.78 Å². The van der Waals surface area contributed by atoms with E-state index in [0.29, 0.717) is 11.8 Å². The molecule has 1 N–H and O–H groups in total. The molecule has 4 rings (SSSR count). The Labute approximate surface area is 153 Å². The van der Waals surface area contributed by atoms with Crippen molar-refractivity contribution in [2.24, 2.45) is 0 Å². The third-order valence-corrected chi connectivity index (χ3v) is 4.94. The van der Waals surface area contributed by atoms with Crippen LogP contribution in [0.3, 0.4) is 0 Å². The Morgan fingerprint density at radius 3 is 2.69 bits per heavy atom. The van der Waals surface area contributed by atoms with E-state index in [9.17, 15) is 0 Å². The van der Waals surface area contributed by atoms with E-state index in [2.05, 4.69) is 37.4 Å². The number of fused-ring (bicyclic) bond motifs is 1. The standard InChI is InChI=1S/C19H24N6O/c1-14-11-18(25-19(23-14)21-13-22-25)20-12-17(24-9-3-4-10-24)15-5-7-16(26-2)8-6-15/h5-8,11,13,17,20H,3-4,9-10,12H2,1-2H3. The van der Waals surface area contributed by atoms with Gasteiger partial charge in [0, 0.05) is 18.3 Å². The van der Waals surface area contributed by atoms with E-state index in [0.717, 1.165) is 36.9 Å². The first kappa shape index (κ1) is 16.8. The SMILES string of the molecule is COc1ccc(C(CNc2cc(C)nc3ncnn23)N2CCCC2)cc1. The molecule has 26 heavy (non-hydrogen) atoms. The number of nitrogens with zero attached hydrogens (tertiary/aromatic N) is 5. The minimum absolute atomic E-state index is 0.301. The summed E-state index contributed by atoms with van der Waals surface area (Å²) in [5, 5.41) is 7.85.